The van der Waals surface area contributed by atoms with E-state index in [2.05, 4.69) is 0 Å². The molecule has 3 rings (SSSR count). The second kappa shape index (κ2) is 12.3. The van der Waals surface area contributed by atoms with Crippen LogP contribution in [0.2, 0.25) is 5.02 Å². The normalized spacial score (nSPS) is 14.1. The zero-order valence-electron chi connectivity index (χ0n) is 18.5. The minimum Gasteiger partial charge on any atom is -0.494 e. The number of piperidine rings is 1. The van der Waals surface area contributed by atoms with E-state index >= 15 is 0 Å². The second-order valence-electron chi connectivity index (χ2n) is 7.98. The summed E-state index contributed by atoms with van der Waals surface area (Å²) in [5, 5.41) is 0.677. The van der Waals surface area contributed by atoms with Crippen molar-refractivity contribution in [3.05, 3.63) is 59.6 Å². The van der Waals surface area contributed by atoms with Crippen LogP contribution in [0.1, 0.15) is 25.7 Å². The first kappa shape index (κ1) is 23.9. The number of carbonyl (C=O) groups is 2. The molecule has 1 heterocycles. The Morgan fingerprint density at radius 1 is 0.969 bits per heavy atom. The summed E-state index contributed by atoms with van der Waals surface area (Å²) >= 11 is 5.87. The molecule has 6 nitrogen and oxygen atoms in total. The maximum atomic E-state index is 12.8. The van der Waals surface area contributed by atoms with Gasteiger partial charge in [-0.05, 0) is 55.7 Å². The van der Waals surface area contributed by atoms with Gasteiger partial charge in [-0.15, -0.1) is 0 Å². The average molecular weight is 459 g/mol. The van der Waals surface area contributed by atoms with Gasteiger partial charge in [-0.3, -0.25) is 9.59 Å². The largest absolute Gasteiger partial charge is 0.494 e. The molecule has 2 amide bonds. The molecule has 1 aliphatic rings. The Morgan fingerprint density at radius 3 is 2.28 bits per heavy atom. The molecule has 0 spiro atoms. The number of benzene rings is 2. The summed E-state index contributed by atoms with van der Waals surface area (Å²) in [5.74, 6) is 1.75. The summed E-state index contributed by atoms with van der Waals surface area (Å²) in [4.78, 5) is 28.8. The number of halogens is 1. The number of likely N-dealkylation sites (tertiary alicyclic amines) is 1. The van der Waals surface area contributed by atoms with Crippen molar-refractivity contribution in [2.75, 3.05) is 39.9 Å². The number of hydrogen-bond donors (Lipinski definition) is 0. The Labute approximate surface area is 195 Å². The van der Waals surface area contributed by atoms with Crippen LogP contribution in [0.25, 0.3) is 0 Å². The van der Waals surface area contributed by atoms with Crippen molar-refractivity contribution in [1.29, 1.82) is 0 Å². The molecule has 0 radical (unpaired) electrons. The Balaban J connectivity index is 1.30. The molecule has 0 bridgehead atoms. The van der Waals surface area contributed by atoms with Crippen LogP contribution in [0.15, 0.2) is 54.6 Å². The smallest absolute Gasteiger partial charge is 0.225 e. The van der Waals surface area contributed by atoms with Crippen LogP contribution in [0, 0.1) is 5.92 Å². The van der Waals surface area contributed by atoms with Crippen LogP contribution in [0.4, 0.5) is 0 Å². The highest BCUT2D eigenvalue weighted by Gasteiger charge is 2.28. The molecular weight excluding hydrogens is 428 g/mol. The van der Waals surface area contributed by atoms with Crippen molar-refractivity contribution in [2.24, 2.45) is 5.92 Å². The number of carbonyl (C=O) groups excluding carboxylic acids is 2. The highest BCUT2D eigenvalue weighted by atomic mass is 35.5. The lowest BCUT2D eigenvalue weighted by Crippen LogP contribution is -2.44. The van der Waals surface area contributed by atoms with E-state index in [1.165, 1.54) is 0 Å². The SMILES string of the molecule is CN(CCCOc1ccc(Cl)cc1)C(=O)C1CCN(C(=O)CCOc2ccccc2)CC1. The molecule has 32 heavy (non-hydrogen) atoms. The van der Waals surface area contributed by atoms with Crippen molar-refractivity contribution < 1.29 is 19.1 Å². The number of hydrogen-bond acceptors (Lipinski definition) is 4. The first-order valence-corrected chi connectivity index (χ1v) is 11.5. The Hall–Kier alpha value is -2.73. The molecule has 172 valence electrons. The van der Waals surface area contributed by atoms with Crippen molar-refractivity contribution in [3.63, 3.8) is 0 Å². The fraction of sp³-hybridized carbons (Fsp3) is 0.440. The van der Waals surface area contributed by atoms with E-state index in [1.807, 2.05) is 54.4 Å². The highest BCUT2D eigenvalue weighted by molar-refractivity contribution is 6.30. The van der Waals surface area contributed by atoms with E-state index in [4.69, 9.17) is 21.1 Å². The monoisotopic (exact) mass is 458 g/mol. The van der Waals surface area contributed by atoms with E-state index < -0.39 is 0 Å². The summed E-state index contributed by atoms with van der Waals surface area (Å²) in [5.41, 5.74) is 0. The third-order valence-corrected chi connectivity index (χ3v) is 5.87. The van der Waals surface area contributed by atoms with Gasteiger partial charge < -0.3 is 19.3 Å². The van der Waals surface area contributed by atoms with Crippen molar-refractivity contribution in [3.8, 4) is 11.5 Å². The first-order valence-electron chi connectivity index (χ1n) is 11.1. The van der Waals surface area contributed by atoms with Gasteiger partial charge in [0, 0.05) is 37.6 Å². The Kier molecular flexibility index (Phi) is 9.23. The summed E-state index contributed by atoms with van der Waals surface area (Å²) in [6.07, 6.45) is 2.51. The minimum absolute atomic E-state index is 0.0261. The van der Waals surface area contributed by atoms with Crippen molar-refractivity contribution in [1.82, 2.24) is 9.80 Å². The van der Waals surface area contributed by atoms with Crippen LogP contribution in [0.3, 0.4) is 0 Å². The zero-order chi connectivity index (χ0) is 22.8. The molecule has 0 saturated carbocycles. The van der Waals surface area contributed by atoms with Gasteiger partial charge >= 0.3 is 0 Å². The number of rotatable bonds is 10. The lowest BCUT2D eigenvalue weighted by molar-refractivity contribution is -0.140. The molecule has 1 saturated heterocycles. The van der Waals surface area contributed by atoms with Gasteiger partial charge in [-0.2, -0.15) is 0 Å². The Morgan fingerprint density at radius 2 is 1.59 bits per heavy atom. The average Bonchev–Trinajstić information content (AvgIpc) is 2.83. The number of ether oxygens (including phenoxy) is 2. The third-order valence-electron chi connectivity index (χ3n) is 5.62. The lowest BCUT2D eigenvalue weighted by atomic mass is 9.95. The minimum atomic E-state index is -0.0261. The summed E-state index contributed by atoms with van der Waals surface area (Å²) in [6.45, 7) is 2.78. The molecule has 1 aliphatic heterocycles. The fourth-order valence-corrected chi connectivity index (χ4v) is 3.88. The quantitative estimate of drug-likeness (QED) is 0.499. The van der Waals surface area contributed by atoms with Gasteiger partial charge in [-0.1, -0.05) is 29.8 Å². The number of nitrogens with zero attached hydrogens (tertiary/aromatic N) is 2. The van der Waals surface area contributed by atoms with E-state index in [-0.39, 0.29) is 17.7 Å². The van der Waals surface area contributed by atoms with Crippen molar-refractivity contribution in [2.45, 2.75) is 25.7 Å². The van der Waals surface area contributed by atoms with Crippen LogP contribution >= 0.6 is 11.6 Å². The highest BCUT2D eigenvalue weighted by Crippen LogP contribution is 2.20. The molecule has 0 unspecified atom stereocenters. The molecule has 0 aliphatic carbocycles. The van der Waals surface area contributed by atoms with E-state index in [0.717, 1.165) is 17.9 Å². The summed E-state index contributed by atoms with van der Waals surface area (Å²) < 4.78 is 11.3. The van der Waals surface area contributed by atoms with E-state index in [0.29, 0.717) is 57.1 Å². The van der Waals surface area contributed by atoms with Gasteiger partial charge in [-0.25, -0.2) is 0 Å². The van der Waals surface area contributed by atoms with Crippen LogP contribution in [-0.2, 0) is 9.59 Å². The van der Waals surface area contributed by atoms with Crippen molar-refractivity contribution >= 4 is 23.4 Å². The van der Waals surface area contributed by atoms with Gasteiger partial charge in [0.15, 0.2) is 0 Å². The topological polar surface area (TPSA) is 59.1 Å². The third kappa shape index (κ3) is 7.45. The predicted molar refractivity (Wildman–Crippen MR) is 125 cm³/mol. The van der Waals surface area contributed by atoms with Gasteiger partial charge in [0.05, 0.1) is 19.6 Å². The molecule has 2 aromatic rings. The lowest BCUT2D eigenvalue weighted by Gasteiger charge is -2.33. The second-order valence-corrected chi connectivity index (χ2v) is 8.42. The molecular formula is C25H31ClN2O4. The maximum absolute atomic E-state index is 12.8. The zero-order valence-corrected chi connectivity index (χ0v) is 19.3. The van der Waals surface area contributed by atoms with Crippen LogP contribution in [0.5, 0.6) is 11.5 Å². The molecule has 2 aromatic carbocycles. The molecule has 0 aromatic heterocycles. The van der Waals surface area contributed by atoms with Crippen LogP contribution < -0.4 is 9.47 Å². The number of para-hydroxylation sites is 1. The Bertz CT molecular complexity index is 852. The van der Waals surface area contributed by atoms with Gasteiger partial charge in [0.2, 0.25) is 11.8 Å². The molecule has 0 atom stereocenters. The first-order chi connectivity index (χ1) is 15.5. The van der Waals surface area contributed by atoms with Gasteiger partial charge in [0.1, 0.15) is 11.5 Å². The fourth-order valence-electron chi connectivity index (χ4n) is 3.75. The van der Waals surface area contributed by atoms with E-state index in [1.54, 1.807) is 17.0 Å². The standard InChI is InChI=1S/C25H31ClN2O4/c1-27(15-5-18-31-23-10-8-21(26)9-11-23)25(30)20-12-16-28(17-13-20)24(29)14-19-32-22-6-3-2-4-7-22/h2-4,6-11,20H,5,12-19H2,1H3. The molecule has 1 fully saturated rings. The predicted octanol–water partition coefficient (Wildman–Crippen LogP) is 4.28. The van der Waals surface area contributed by atoms with E-state index in [9.17, 15) is 9.59 Å². The van der Waals surface area contributed by atoms with Crippen LogP contribution in [-0.4, -0.2) is 61.5 Å². The summed E-state index contributed by atoms with van der Waals surface area (Å²) in [6, 6.07) is 16.7. The molecule has 7 heteroatoms. The molecule has 0 N–H and O–H groups in total. The maximum Gasteiger partial charge on any atom is 0.225 e. The number of amides is 2. The summed E-state index contributed by atoms with van der Waals surface area (Å²) in [7, 11) is 1.84. The van der Waals surface area contributed by atoms with Gasteiger partial charge in [0.25, 0.3) is 0 Å².